The van der Waals surface area contributed by atoms with Crippen LogP contribution in [0, 0.1) is 5.92 Å². The normalized spacial score (nSPS) is 16.5. The number of benzene rings is 1. The molecular formula is C20H25ClN2O3. The molecule has 0 spiro atoms. The molecule has 0 amide bonds. The summed E-state index contributed by atoms with van der Waals surface area (Å²) in [4.78, 5) is 25.3. The van der Waals surface area contributed by atoms with Gasteiger partial charge in [-0.3, -0.25) is 13.9 Å². The van der Waals surface area contributed by atoms with Crippen LogP contribution in [0.2, 0.25) is 5.02 Å². The first-order chi connectivity index (χ1) is 12.5. The zero-order chi connectivity index (χ0) is 18.7. The van der Waals surface area contributed by atoms with Gasteiger partial charge in [-0.15, -0.1) is 0 Å². The number of aryl methyl sites for hydroxylation is 1. The highest BCUT2D eigenvalue weighted by Crippen LogP contribution is 2.31. The van der Waals surface area contributed by atoms with Crippen LogP contribution < -0.4 is 11.2 Å². The van der Waals surface area contributed by atoms with Gasteiger partial charge in [0.05, 0.1) is 6.07 Å². The monoisotopic (exact) mass is 376 g/mol. The average Bonchev–Trinajstić information content (AvgIpc) is 2.62. The van der Waals surface area contributed by atoms with Gasteiger partial charge in [0.1, 0.15) is 0 Å². The molecule has 0 aliphatic heterocycles. The van der Waals surface area contributed by atoms with E-state index < -0.39 is 11.2 Å². The fourth-order valence-corrected chi connectivity index (χ4v) is 4.14. The van der Waals surface area contributed by atoms with Crippen LogP contribution in [0.15, 0.2) is 39.9 Å². The lowest BCUT2D eigenvalue weighted by molar-refractivity contribution is 0.248. The third-order valence-electron chi connectivity index (χ3n) is 5.46. The Morgan fingerprint density at radius 1 is 1.19 bits per heavy atom. The predicted molar refractivity (Wildman–Crippen MR) is 103 cm³/mol. The molecule has 1 fully saturated rings. The van der Waals surface area contributed by atoms with E-state index in [1.54, 1.807) is 6.07 Å². The van der Waals surface area contributed by atoms with Crippen molar-refractivity contribution < 1.29 is 5.11 Å². The van der Waals surface area contributed by atoms with Gasteiger partial charge in [0.25, 0.3) is 5.56 Å². The smallest absolute Gasteiger partial charge is 0.334 e. The van der Waals surface area contributed by atoms with Crippen LogP contribution in [-0.2, 0) is 13.0 Å². The van der Waals surface area contributed by atoms with Crippen molar-refractivity contribution in [3.8, 4) is 5.88 Å². The van der Waals surface area contributed by atoms with Gasteiger partial charge in [0.2, 0.25) is 5.88 Å². The maximum Gasteiger partial charge on any atom is 0.334 e. The van der Waals surface area contributed by atoms with Crippen LogP contribution >= 0.6 is 11.6 Å². The minimum absolute atomic E-state index is 0.159. The van der Waals surface area contributed by atoms with Crippen LogP contribution in [0.4, 0.5) is 0 Å². The Morgan fingerprint density at radius 3 is 2.62 bits per heavy atom. The fourth-order valence-electron chi connectivity index (χ4n) is 3.93. The number of halogens is 1. The molecule has 2 aromatic rings. The number of rotatable bonds is 5. The van der Waals surface area contributed by atoms with Crippen LogP contribution in [0.5, 0.6) is 5.88 Å². The van der Waals surface area contributed by atoms with Crippen molar-refractivity contribution in [2.45, 2.75) is 58.0 Å². The largest absolute Gasteiger partial charge is 0.494 e. The van der Waals surface area contributed by atoms with Gasteiger partial charge in [0, 0.05) is 17.6 Å². The van der Waals surface area contributed by atoms with Crippen molar-refractivity contribution >= 4 is 11.6 Å². The van der Waals surface area contributed by atoms with E-state index in [0.29, 0.717) is 23.9 Å². The molecule has 0 radical (unpaired) electrons. The van der Waals surface area contributed by atoms with E-state index >= 15 is 0 Å². The maximum atomic E-state index is 12.9. The third-order valence-corrected chi connectivity index (χ3v) is 5.69. The number of aromatic hydroxyl groups is 1. The summed E-state index contributed by atoms with van der Waals surface area (Å²) < 4.78 is 2.59. The summed E-state index contributed by atoms with van der Waals surface area (Å²) >= 11 is 6.00. The molecule has 0 saturated heterocycles. The molecule has 5 nitrogen and oxygen atoms in total. The molecule has 1 heterocycles. The fraction of sp³-hybridized carbons (Fsp3) is 0.500. The third kappa shape index (κ3) is 4.04. The highest BCUT2D eigenvalue weighted by Gasteiger charge is 2.25. The van der Waals surface area contributed by atoms with Crippen molar-refractivity contribution in [2.24, 2.45) is 5.92 Å². The first-order valence-corrected chi connectivity index (χ1v) is 9.65. The summed E-state index contributed by atoms with van der Waals surface area (Å²) in [6.45, 7) is 2.24. The molecule has 1 saturated carbocycles. The van der Waals surface area contributed by atoms with Gasteiger partial charge < -0.3 is 5.11 Å². The second kappa shape index (κ2) is 8.12. The van der Waals surface area contributed by atoms with Gasteiger partial charge in [-0.05, 0) is 49.8 Å². The van der Waals surface area contributed by atoms with Crippen molar-refractivity contribution in [3.63, 3.8) is 0 Å². The number of nitrogens with zero attached hydrogens (tertiary/aromatic N) is 2. The maximum absolute atomic E-state index is 12.9. The topological polar surface area (TPSA) is 64.2 Å². The number of aromatic nitrogens is 2. The molecule has 1 aromatic carbocycles. The van der Waals surface area contributed by atoms with Gasteiger partial charge in [0.15, 0.2) is 0 Å². The number of hydrogen-bond donors (Lipinski definition) is 1. The molecule has 140 valence electrons. The standard InChI is InChI=1S/C20H25ClN2O3/c1-14(16-7-3-2-4-8-16)23-19(25)13-18(24)22(20(23)26)11-10-15-6-5-9-17(21)12-15/h5-6,9,12-14,16,24H,2-4,7-8,10-11H2,1H3/t14-/m0/s1. The molecule has 6 heteroatoms. The molecule has 26 heavy (non-hydrogen) atoms. The van der Waals surface area contributed by atoms with Gasteiger partial charge in [-0.2, -0.15) is 0 Å². The van der Waals surface area contributed by atoms with Crippen LogP contribution in [-0.4, -0.2) is 14.2 Å². The summed E-state index contributed by atoms with van der Waals surface area (Å²) in [5.41, 5.74) is 0.113. The minimum Gasteiger partial charge on any atom is -0.494 e. The molecular weight excluding hydrogens is 352 g/mol. The van der Waals surface area contributed by atoms with Gasteiger partial charge in [-0.1, -0.05) is 43.0 Å². The first-order valence-electron chi connectivity index (χ1n) is 9.27. The van der Waals surface area contributed by atoms with Crippen LogP contribution in [0.25, 0.3) is 0 Å². The summed E-state index contributed by atoms with van der Waals surface area (Å²) in [5.74, 6) is 0.0502. The zero-order valence-corrected chi connectivity index (χ0v) is 15.8. The second-order valence-electron chi connectivity index (χ2n) is 7.16. The van der Waals surface area contributed by atoms with E-state index in [2.05, 4.69) is 0 Å². The lowest BCUT2D eigenvalue weighted by atomic mass is 9.84. The Hall–Kier alpha value is -2.01. The van der Waals surface area contributed by atoms with Crippen molar-refractivity contribution in [1.82, 2.24) is 9.13 Å². The zero-order valence-electron chi connectivity index (χ0n) is 15.0. The summed E-state index contributed by atoms with van der Waals surface area (Å²) in [7, 11) is 0. The predicted octanol–water partition coefficient (Wildman–Crippen LogP) is 3.75. The second-order valence-corrected chi connectivity index (χ2v) is 7.60. The summed E-state index contributed by atoms with van der Waals surface area (Å²) in [5, 5.41) is 10.8. The molecule has 1 aliphatic carbocycles. The van der Waals surface area contributed by atoms with E-state index in [-0.39, 0.29) is 11.9 Å². The van der Waals surface area contributed by atoms with E-state index in [1.807, 2.05) is 25.1 Å². The van der Waals surface area contributed by atoms with Crippen molar-refractivity contribution in [1.29, 1.82) is 0 Å². The summed E-state index contributed by atoms with van der Waals surface area (Å²) in [6, 6.07) is 8.40. The quantitative estimate of drug-likeness (QED) is 0.864. The van der Waals surface area contributed by atoms with Crippen molar-refractivity contribution in [2.75, 3.05) is 0 Å². The average molecular weight is 377 g/mol. The molecule has 1 atom stereocenters. The highest BCUT2D eigenvalue weighted by atomic mass is 35.5. The Balaban J connectivity index is 1.88. The van der Waals surface area contributed by atoms with Crippen molar-refractivity contribution in [3.05, 3.63) is 61.8 Å². The van der Waals surface area contributed by atoms with Crippen LogP contribution in [0.3, 0.4) is 0 Å². The van der Waals surface area contributed by atoms with Gasteiger partial charge in [-0.25, -0.2) is 4.79 Å². The molecule has 1 N–H and O–H groups in total. The molecule has 1 aromatic heterocycles. The van der Waals surface area contributed by atoms with E-state index in [0.717, 1.165) is 37.3 Å². The Morgan fingerprint density at radius 2 is 1.92 bits per heavy atom. The lowest BCUT2D eigenvalue weighted by Gasteiger charge is -2.28. The highest BCUT2D eigenvalue weighted by molar-refractivity contribution is 6.30. The van der Waals surface area contributed by atoms with E-state index in [1.165, 1.54) is 15.6 Å². The molecule has 3 rings (SSSR count). The van der Waals surface area contributed by atoms with E-state index in [9.17, 15) is 14.7 Å². The Kier molecular flexibility index (Phi) is 5.87. The molecule has 0 bridgehead atoms. The van der Waals surface area contributed by atoms with Gasteiger partial charge >= 0.3 is 5.69 Å². The Labute approximate surface area is 157 Å². The first kappa shape index (κ1) is 18.8. The molecule has 1 aliphatic rings. The lowest BCUT2D eigenvalue weighted by Crippen LogP contribution is -2.43. The summed E-state index contributed by atoms with van der Waals surface area (Å²) in [6.07, 6.45) is 6.13. The SMILES string of the molecule is C[C@@H](C1CCCCC1)n1c(=O)cc(O)n(CCc2cccc(Cl)c2)c1=O. The van der Waals surface area contributed by atoms with E-state index in [4.69, 9.17) is 11.6 Å². The minimum atomic E-state index is -0.435. The Bertz CT molecular complexity index is 881. The number of hydrogen-bond acceptors (Lipinski definition) is 3. The molecule has 0 unspecified atom stereocenters. The van der Waals surface area contributed by atoms with Crippen LogP contribution in [0.1, 0.15) is 50.6 Å².